The van der Waals surface area contributed by atoms with E-state index < -0.39 is 11.7 Å². The summed E-state index contributed by atoms with van der Waals surface area (Å²) in [5.41, 5.74) is 6.85. The molecule has 2 heterocycles. The number of Topliss-reactive ketones (excluding diaryl/α,β-unsaturated/α-hetero) is 1. The number of aromatic nitrogens is 1. The van der Waals surface area contributed by atoms with Crippen molar-refractivity contribution in [1.29, 1.82) is 0 Å². The van der Waals surface area contributed by atoms with Gasteiger partial charge in [0.1, 0.15) is 5.69 Å². The van der Waals surface area contributed by atoms with Gasteiger partial charge in [-0.3, -0.25) is 19.3 Å². The lowest BCUT2D eigenvalue weighted by Gasteiger charge is -2.34. The number of benzene rings is 2. The first-order valence-electron chi connectivity index (χ1n) is 9.32. The molecule has 29 heavy (non-hydrogen) atoms. The van der Waals surface area contributed by atoms with Crippen molar-refractivity contribution in [3.8, 4) is 0 Å². The molecule has 1 aliphatic rings. The molecule has 0 saturated carbocycles. The number of ketones is 1. The fourth-order valence-electron chi connectivity index (χ4n) is 3.49. The molecule has 0 bridgehead atoms. The van der Waals surface area contributed by atoms with Gasteiger partial charge in [-0.1, -0.05) is 30.3 Å². The number of fused-ring (bicyclic) bond motifs is 1. The Morgan fingerprint density at radius 3 is 2.41 bits per heavy atom. The highest BCUT2D eigenvalue weighted by Gasteiger charge is 2.24. The zero-order valence-corrected chi connectivity index (χ0v) is 16.5. The minimum absolute atomic E-state index is 0.0137. The molecule has 148 valence electrons. The molecule has 0 atom stereocenters. The fraction of sp³-hybridized carbons (Fsp3) is 0.238. The van der Waals surface area contributed by atoms with Gasteiger partial charge in [-0.15, -0.1) is 0 Å². The van der Waals surface area contributed by atoms with Crippen molar-refractivity contribution >= 4 is 39.2 Å². The topological polar surface area (TPSA) is 96.6 Å². The average Bonchev–Trinajstić information content (AvgIpc) is 3.17. The number of hydrogen-bond acceptors (Lipinski definition) is 6. The third-order valence-corrected chi connectivity index (χ3v) is 5.89. The number of carbonyl (C=O) groups excluding carboxylic acids is 3. The maximum absolute atomic E-state index is 13.0. The maximum atomic E-state index is 13.0. The molecule has 0 radical (unpaired) electrons. The average molecular weight is 408 g/mol. The number of carbonyl (C=O) groups is 3. The van der Waals surface area contributed by atoms with E-state index in [1.54, 1.807) is 18.2 Å². The van der Waals surface area contributed by atoms with Crippen LogP contribution in [0.2, 0.25) is 0 Å². The van der Waals surface area contributed by atoms with E-state index in [0.29, 0.717) is 24.0 Å². The van der Waals surface area contributed by atoms with E-state index in [2.05, 4.69) is 21.4 Å². The number of hydrogen-bond donors (Lipinski definition) is 1. The first kappa shape index (κ1) is 19.2. The Bertz CT molecular complexity index is 1070. The molecule has 3 aromatic rings. The van der Waals surface area contributed by atoms with Gasteiger partial charge >= 0.3 is 0 Å². The summed E-state index contributed by atoms with van der Waals surface area (Å²) in [6.45, 7) is 3.74. The summed E-state index contributed by atoms with van der Waals surface area (Å²) in [5, 5.41) is 0.493. The maximum Gasteiger partial charge on any atom is 0.291 e. The van der Waals surface area contributed by atoms with Gasteiger partial charge < -0.3 is 10.6 Å². The second-order valence-corrected chi connectivity index (χ2v) is 7.79. The summed E-state index contributed by atoms with van der Waals surface area (Å²) in [7, 11) is 0. The van der Waals surface area contributed by atoms with Crippen LogP contribution in [0.1, 0.15) is 26.4 Å². The zero-order chi connectivity index (χ0) is 20.4. The molecule has 2 amide bonds. The first-order chi connectivity index (χ1) is 14.0. The summed E-state index contributed by atoms with van der Waals surface area (Å²) < 4.78 is 4.77. The number of rotatable bonds is 5. The van der Waals surface area contributed by atoms with Crippen LogP contribution in [0.3, 0.4) is 0 Å². The van der Waals surface area contributed by atoms with Gasteiger partial charge in [0.15, 0.2) is 0 Å². The van der Waals surface area contributed by atoms with Crippen molar-refractivity contribution in [3.05, 3.63) is 65.4 Å². The molecular formula is C21H20N4O3S. The highest BCUT2D eigenvalue weighted by molar-refractivity contribution is 7.13. The predicted molar refractivity (Wildman–Crippen MR) is 111 cm³/mol. The molecule has 2 N–H and O–H groups in total. The van der Waals surface area contributed by atoms with Gasteiger partial charge in [-0.2, -0.15) is 4.37 Å². The summed E-state index contributed by atoms with van der Waals surface area (Å²) in [6, 6.07) is 15.4. The largest absolute Gasteiger partial charge is 0.363 e. The molecule has 4 rings (SSSR count). The van der Waals surface area contributed by atoms with Gasteiger partial charge in [0, 0.05) is 43.7 Å². The van der Waals surface area contributed by atoms with E-state index >= 15 is 0 Å². The van der Waals surface area contributed by atoms with E-state index in [-0.39, 0.29) is 11.6 Å². The minimum Gasteiger partial charge on any atom is -0.363 e. The van der Waals surface area contributed by atoms with Crippen LogP contribution in [0.25, 0.3) is 10.1 Å². The smallest absolute Gasteiger partial charge is 0.291 e. The SMILES string of the molecule is NC(=O)C(=O)c1nsc2ccc(C(=O)N3CCN(Cc4ccccc4)CC3)cc12. The summed E-state index contributed by atoms with van der Waals surface area (Å²) in [6.07, 6.45) is 0. The second-order valence-electron chi connectivity index (χ2n) is 6.99. The number of nitrogens with zero attached hydrogens (tertiary/aromatic N) is 3. The van der Waals surface area contributed by atoms with E-state index in [9.17, 15) is 14.4 Å². The van der Waals surface area contributed by atoms with Crippen LogP contribution in [0.15, 0.2) is 48.5 Å². The Morgan fingerprint density at radius 1 is 1.00 bits per heavy atom. The predicted octanol–water partition coefficient (Wildman–Crippen LogP) is 1.92. The summed E-state index contributed by atoms with van der Waals surface area (Å²) in [5.74, 6) is -1.98. The second kappa shape index (κ2) is 8.10. The highest BCUT2D eigenvalue weighted by Crippen LogP contribution is 2.25. The van der Waals surface area contributed by atoms with Gasteiger partial charge in [-0.25, -0.2) is 0 Å². The molecule has 1 fully saturated rings. The fourth-order valence-corrected chi connectivity index (χ4v) is 4.24. The molecule has 0 unspecified atom stereocenters. The number of piperazine rings is 1. The third-order valence-electron chi connectivity index (χ3n) is 5.06. The monoisotopic (exact) mass is 408 g/mol. The molecule has 7 nitrogen and oxygen atoms in total. The summed E-state index contributed by atoms with van der Waals surface area (Å²) >= 11 is 1.11. The number of primary amides is 1. The van der Waals surface area contributed by atoms with Crippen molar-refractivity contribution < 1.29 is 14.4 Å². The zero-order valence-electron chi connectivity index (χ0n) is 15.7. The van der Waals surface area contributed by atoms with Crippen molar-refractivity contribution in [3.63, 3.8) is 0 Å². The van der Waals surface area contributed by atoms with Crippen molar-refractivity contribution in [1.82, 2.24) is 14.2 Å². The standard InChI is InChI=1S/C21H20N4O3S/c22-20(27)19(26)18-16-12-15(6-7-17(16)29-23-18)21(28)25-10-8-24(9-11-25)13-14-4-2-1-3-5-14/h1-7,12H,8-11,13H2,(H2,22,27). The van der Waals surface area contributed by atoms with Crippen LogP contribution in [0.4, 0.5) is 0 Å². The van der Waals surface area contributed by atoms with Gasteiger partial charge in [0.05, 0.1) is 4.70 Å². The van der Waals surface area contributed by atoms with Crippen LogP contribution < -0.4 is 5.73 Å². The minimum atomic E-state index is -1.05. The van der Waals surface area contributed by atoms with Crippen molar-refractivity contribution in [2.45, 2.75) is 6.54 Å². The molecule has 0 spiro atoms. The van der Waals surface area contributed by atoms with E-state index in [4.69, 9.17) is 5.73 Å². The van der Waals surface area contributed by atoms with Crippen LogP contribution in [0, 0.1) is 0 Å². The van der Waals surface area contributed by atoms with E-state index in [0.717, 1.165) is 35.9 Å². The molecule has 0 aliphatic carbocycles. The molecule has 8 heteroatoms. The Hall–Kier alpha value is -3.10. The van der Waals surface area contributed by atoms with Crippen molar-refractivity contribution in [2.75, 3.05) is 26.2 Å². The quantitative estimate of drug-likeness (QED) is 0.514. The lowest BCUT2D eigenvalue weighted by atomic mass is 10.1. The third kappa shape index (κ3) is 4.03. The lowest BCUT2D eigenvalue weighted by Crippen LogP contribution is -2.48. The number of nitrogens with two attached hydrogens (primary N) is 1. The number of amides is 2. The highest BCUT2D eigenvalue weighted by atomic mass is 32.1. The molecular weight excluding hydrogens is 388 g/mol. The van der Waals surface area contributed by atoms with Gasteiger partial charge in [0.25, 0.3) is 17.6 Å². The van der Waals surface area contributed by atoms with Crippen LogP contribution in [0.5, 0.6) is 0 Å². The van der Waals surface area contributed by atoms with Crippen LogP contribution in [-0.4, -0.2) is 57.9 Å². The lowest BCUT2D eigenvalue weighted by molar-refractivity contribution is -0.114. The van der Waals surface area contributed by atoms with Gasteiger partial charge in [0.2, 0.25) is 0 Å². The van der Waals surface area contributed by atoms with E-state index in [1.165, 1.54) is 5.56 Å². The normalized spacial score (nSPS) is 14.8. The molecule has 1 aliphatic heterocycles. The van der Waals surface area contributed by atoms with Crippen LogP contribution in [-0.2, 0) is 11.3 Å². The molecule has 1 aromatic heterocycles. The molecule has 2 aromatic carbocycles. The summed E-state index contributed by atoms with van der Waals surface area (Å²) in [4.78, 5) is 40.3. The van der Waals surface area contributed by atoms with Crippen molar-refractivity contribution in [2.24, 2.45) is 5.73 Å². The van der Waals surface area contributed by atoms with Crippen LogP contribution >= 0.6 is 11.5 Å². The first-order valence-corrected chi connectivity index (χ1v) is 10.1. The van der Waals surface area contributed by atoms with E-state index in [1.807, 2.05) is 23.1 Å². The Morgan fingerprint density at radius 2 is 1.72 bits per heavy atom. The molecule has 1 saturated heterocycles. The van der Waals surface area contributed by atoms with Gasteiger partial charge in [-0.05, 0) is 35.3 Å². The Labute approximate surface area is 171 Å². The Kier molecular flexibility index (Phi) is 5.37. The Balaban J connectivity index is 1.46.